The molecule has 1 aromatic rings. The number of pyridine rings is 1. The first-order valence-electron chi connectivity index (χ1n) is 7.46. The first-order chi connectivity index (χ1) is 10.1. The van der Waals surface area contributed by atoms with E-state index in [-0.39, 0.29) is 6.04 Å². The molecular weight excluding hydrogens is 270 g/mol. The maximum Gasteiger partial charge on any atom is 0.162 e. The molecule has 0 saturated carbocycles. The zero-order valence-electron chi connectivity index (χ0n) is 12.7. The van der Waals surface area contributed by atoms with Crippen molar-refractivity contribution in [1.29, 1.82) is 0 Å². The van der Waals surface area contributed by atoms with Gasteiger partial charge in [0.2, 0.25) is 0 Å². The Hall–Kier alpha value is -1.37. The molecule has 21 heavy (non-hydrogen) atoms. The summed E-state index contributed by atoms with van der Waals surface area (Å²) < 4.78 is 16.6. The van der Waals surface area contributed by atoms with Crippen molar-refractivity contribution in [1.82, 2.24) is 4.98 Å². The van der Waals surface area contributed by atoms with E-state index in [1.807, 2.05) is 26.1 Å². The minimum Gasteiger partial charge on any atom is -0.378 e. The highest BCUT2D eigenvalue weighted by atomic mass is 16.7. The van der Waals surface area contributed by atoms with E-state index in [0.29, 0.717) is 13.2 Å². The van der Waals surface area contributed by atoms with Crippen LogP contribution >= 0.6 is 0 Å². The summed E-state index contributed by atoms with van der Waals surface area (Å²) in [6.07, 6.45) is 1.87. The summed E-state index contributed by atoms with van der Waals surface area (Å²) >= 11 is 0. The molecular formula is C15H23N3O3. The number of hydrogen-bond acceptors (Lipinski definition) is 6. The van der Waals surface area contributed by atoms with Gasteiger partial charge in [-0.2, -0.15) is 0 Å². The second kappa shape index (κ2) is 6.17. The van der Waals surface area contributed by atoms with Crippen LogP contribution in [0.5, 0.6) is 0 Å². The van der Waals surface area contributed by atoms with Crippen LogP contribution in [-0.4, -0.2) is 56.3 Å². The molecule has 6 nitrogen and oxygen atoms in total. The number of anilines is 2. The fourth-order valence-electron chi connectivity index (χ4n) is 2.46. The van der Waals surface area contributed by atoms with Crippen LogP contribution in [0.4, 0.5) is 11.5 Å². The molecule has 0 atom stereocenters. The Morgan fingerprint density at radius 1 is 1.19 bits per heavy atom. The van der Waals surface area contributed by atoms with E-state index in [1.165, 1.54) is 0 Å². The van der Waals surface area contributed by atoms with Crippen molar-refractivity contribution in [3.63, 3.8) is 0 Å². The van der Waals surface area contributed by atoms with Crippen LogP contribution in [0.15, 0.2) is 18.3 Å². The monoisotopic (exact) mass is 293 g/mol. The van der Waals surface area contributed by atoms with Gasteiger partial charge in [-0.3, -0.25) is 0 Å². The van der Waals surface area contributed by atoms with Gasteiger partial charge >= 0.3 is 0 Å². The van der Waals surface area contributed by atoms with Gasteiger partial charge in [-0.15, -0.1) is 0 Å². The summed E-state index contributed by atoms with van der Waals surface area (Å²) in [5, 5.41) is 3.39. The molecule has 2 fully saturated rings. The van der Waals surface area contributed by atoms with Crippen LogP contribution in [0.25, 0.3) is 0 Å². The molecule has 0 radical (unpaired) electrons. The third-order valence-electron chi connectivity index (χ3n) is 3.72. The lowest BCUT2D eigenvalue weighted by molar-refractivity contribution is -0.247. The largest absolute Gasteiger partial charge is 0.378 e. The van der Waals surface area contributed by atoms with E-state index in [9.17, 15) is 0 Å². The van der Waals surface area contributed by atoms with Gasteiger partial charge in [0.05, 0.1) is 44.4 Å². The first-order valence-corrected chi connectivity index (χ1v) is 7.46. The summed E-state index contributed by atoms with van der Waals surface area (Å²) in [6, 6.07) is 4.26. The van der Waals surface area contributed by atoms with Crippen LogP contribution in [0, 0.1) is 0 Å². The Morgan fingerprint density at radius 2 is 1.90 bits per heavy atom. The second-order valence-corrected chi connectivity index (χ2v) is 5.87. The Bertz CT molecular complexity index is 448. The van der Waals surface area contributed by atoms with E-state index in [2.05, 4.69) is 21.3 Å². The van der Waals surface area contributed by atoms with Crippen molar-refractivity contribution in [3.05, 3.63) is 18.3 Å². The van der Waals surface area contributed by atoms with E-state index in [0.717, 1.165) is 37.8 Å². The quantitative estimate of drug-likeness (QED) is 0.911. The van der Waals surface area contributed by atoms with Crippen molar-refractivity contribution in [3.8, 4) is 0 Å². The molecule has 0 aliphatic carbocycles. The zero-order valence-corrected chi connectivity index (χ0v) is 12.7. The first kappa shape index (κ1) is 14.6. The highest BCUT2D eigenvalue weighted by Crippen LogP contribution is 2.20. The maximum atomic E-state index is 5.64. The van der Waals surface area contributed by atoms with Crippen LogP contribution in [0.1, 0.15) is 13.8 Å². The van der Waals surface area contributed by atoms with Gasteiger partial charge in [-0.25, -0.2) is 4.98 Å². The molecule has 0 amide bonds. The Labute approximate surface area is 125 Å². The van der Waals surface area contributed by atoms with Crippen LogP contribution in [-0.2, 0) is 14.2 Å². The number of aromatic nitrogens is 1. The molecule has 0 unspecified atom stereocenters. The third-order valence-corrected chi connectivity index (χ3v) is 3.72. The van der Waals surface area contributed by atoms with Crippen LogP contribution in [0.3, 0.4) is 0 Å². The van der Waals surface area contributed by atoms with Gasteiger partial charge in [-0.1, -0.05) is 0 Å². The summed E-state index contributed by atoms with van der Waals surface area (Å²) in [6.45, 7) is 8.49. The lowest BCUT2D eigenvalue weighted by Crippen LogP contribution is -2.45. The third kappa shape index (κ3) is 3.84. The fraction of sp³-hybridized carbons (Fsp3) is 0.667. The van der Waals surface area contributed by atoms with Gasteiger partial charge in [0, 0.05) is 13.1 Å². The summed E-state index contributed by atoms with van der Waals surface area (Å²) in [4.78, 5) is 6.76. The summed E-state index contributed by atoms with van der Waals surface area (Å²) in [7, 11) is 0. The molecule has 3 rings (SSSR count). The number of rotatable bonds is 3. The normalized spacial score (nSPS) is 23.0. The Kier molecular flexibility index (Phi) is 4.28. The maximum absolute atomic E-state index is 5.64. The van der Waals surface area contributed by atoms with Crippen molar-refractivity contribution < 1.29 is 14.2 Å². The molecule has 0 spiro atoms. The molecule has 3 heterocycles. The minimum atomic E-state index is -0.476. The van der Waals surface area contributed by atoms with Crippen molar-refractivity contribution >= 4 is 11.5 Å². The second-order valence-electron chi connectivity index (χ2n) is 5.87. The van der Waals surface area contributed by atoms with Gasteiger partial charge in [-0.05, 0) is 26.0 Å². The fourth-order valence-corrected chi connectivity index (χ4v) is 2.46. The van der Waals surface area contributed by atoms with Gasteiger partial charge in [0.1, 0.15) is 5.82 Å². The number of ether oxygens (including phenoxy) is 3. The Balaban J connectivity index is 1.55. The molecule has 0 aromatic carbocycles. The lowest BCUT2D eigenvalue weighted by Gasteiger charge is -2.35. The lowest BCUT2D eigenvalue weighted by atomic mass is 10.2. The smallest absolute Gasteiger partial charge is 0.162 e. The number of hydrogen-bond donors (Lipinski definition) is 1. The average molecular weight is 293 g/mol. The number of morpholine rings is 1. The van der Waals surface area contributed by atoms with Gasteiger partial charge in [0.25, 0.3) is 0 Å². The average Bonchev–Trinajstić information content (AvgIpc) is 2.51. The minimum absolute atomic E-state index is 0.161. The van der Waals surface area contributed by atoms with Gasteiger partial charge < -0.3 is 24.4 Å². The van der Waals surface area contributed by atoms with E-state index in [1.54, 1.807) is 0 Å². The predicted molar refractivity (Wildman–Crippen MR) is 80.7 cm³/mol. The van der Waals surface area contributed by atoms with E-state index < -0.39 is 5.79 Å². The summed E-state index contributed by atoms with van der Waals surface area (Å²) in [5.74, 6) is 0.525. The topological polar surface area (TPSA) is 55.9 Å². The molecule has 2 saturated heterocycles. The molecule has 2 aliphatic heterocycles. The van der Waals surface area contributed by atoms with Crippen LogP contribution < -0.4 is 10.2 Å². The standard InChI is InChI=1S/C15H23N3O3/c1-15(2)20-10-13(11-21-15)17-12-3-4-14(16-9-12)18-5-7-19-8-6-18/h3-4,9,13,17H,5-8,10-11H2,1-2H3. The SMILES string of the molecule is CC1(C)OCC(Nc2ccc(N3CCOCC3)nc2)CO1. The van der Waals surface area contributed by atoms with E-state index in [4.69, 9.17) is 14.2 Å². The molecule has 1 N–H and O–H groups in total. The molecule has 116 valence electrons. The number of nitrogens with one attached hydrogen (secondary N) is 1. The summed E-state index contributed by atoms with van der Waals surface area (Å²) in [5.41, 5.74) is 0.990. The van der Waals surface area contributed by atoms with Crippen molar-refractivity contribution in [2.75, 3.05) is 49.7 Å². The van der Waals surface area contributed by atoms with Crippen LogP contribution in [0.2, 0.25) is 0 Å². The molecule has 0 bridgehead atoms. The van der Waals surface area contributed by atoms with Crippen molar-refractivity contribution in [2.24, 2.45) is 0 Å². The highest BCUT2D eigenvalue weighted by Gasteiger charge is 2.28. The molecule has 2 aliphatic rings. The Morgan fingerprint density at radius 3 is 2.52 bits per heavy atom. The zero-order chi connectivity index (χ0) is 14.7. The highest BCUT2D eigenvalue weighted by molar-refractivity contribution is 5.49. The predicted octanol–water partition coefficient (Wildman–Crippen LogP) is 1.48. The molecule has 6 heteroatoms. The number of nitrogens with zero attached hydrogens (tertiary/aromatic N) is 2. The van der Waals surface area contributed by atoms with Gasteiger partial charge in [0.15, 0.2) is 5.79 Å². The molecule has 1 aromatic heterocycles. The van der Waals surface area contributed by atoms with Crippen molar-refractivity contribution in [2.45, 2.75) is 25.7 Å². The van der Waals surface area contributed by atoms with E-state index >= 15 is 0 Å².